The van der Waals surface area contributed by atoms with E-state index < -0.39 is 0 Å². The standard InChI is InChI=1S/C9H10N2OS/c10-8(13)7-2-1-5-11(9(7)12)6-3-4-6/h1-2,5-6H,3-4H2,(H2,10,13). The Hall–Kier alpha value is -1.16. The molecule has 0 bridgehead atoms. The molecule has 4 heteroatoms. The van der Waals surface area contributed by atoms with Gasteiger partial charge in [-0.15, -0.1) is 0 Å². The third-order valence-corrected chi connectivity index (χ3v) is 2.40. The summed E-state index contributed by atoms with van der Waals surface area (Å²) >= 11 is 4.78. The van der Waals surface area contributed by atoms with E-state index in [-0.39, 0.29) is 10.5 Å². The zero-order valence-corrected chi connectivity index (χ0v) is 7.88. The Balaban J connectivity index is 2.54. The molecule has 0 unspecified atom stereocenters. The van der Waals surface area contributed by atoms with Crippen LogP contribution in [0.2, 0.25) is 0 Å². The Bertz CT molecular complexity index is 406. The Labute approximate surface area is 81.2 Å². The van der Waals surface area contributed by atoms with Crippen LogP contribution in [-0.2, 0) is 0 Å². The lowest BCUT2D eigenvalue weighted by Gasteiger charge is -2.04. The second kappa shape index (κ2) is 2.96. The Morgan fingerprint density at radius 2 is 2.31 bits per heavy atom. The van der Waals surface area contributed by atoms with E-state index in [2.05, 4.69) is 0 Å². The highest BCUT2D eigenvalue weighted by atomic mass is 32.1. The monoisotopic (exact) mass is 194 g/mol. The van der Waals surface area contributed by atoms with Gasteiger partial charge < -0.3 is 10.3 Å². The van der Waals surface area contributed by atoms with Crippen molar-refractivity contribution in [1.29, 1.82) is 0 Å². The van der Waals surface area contributed by atoms with E-state index in [1.54, 1.807) is 16.8 Å². The molecular formula is C9H10N2OS. The predicted molar refractivity (Wildman–Crippen MR) is 54.9 cm³/mol. The Morgan fingerprint density at radius 1 is 1.62 bits per heavy atom. The van der Waals surface area contributed by atoms with Crippen LogP contribution in [0.3, 0.4) is 0 Å². The topological polar surface area (TPSA) is 48.0 Å². The molecule has 1 aromatic rings. The van der Waals surface area contributed by atoms with Crippen LogP contribution in [0, 0.1) is 0 Å². The summed E-state index contributed by atoms with van der Waals surface area (Å²) in [5.41, 5.74) is 5.81. The van der Waals surface area contributed by atoms with E-state index in [1.165, 1.54) is 0 Å². The van der Waals surface area contributed by atoms with Gasteiger partial charge in [0, 0.05) is 12.2 Å². The van der Waals surface area contributed by atoms with Crippen molar-refractivity contribution in [3.05, 3.63) is 34.2 Å². The van der Waals surface area contributed by atoms with Gasteiger partial charge in [-0.3, -0.25) is 4.79 Å². The molecular weight excluding hydrogens is 184 g/mol. The molecule has 1 aliphatic rings. The maximum atomic E-state index is 11.7. The third kappa shape index (κ3) is 1.49. The molecule has 1 aromatic heterocycles. The van der Waals surface area contributed by atoms with Gasteiger partial charge in [-0.25, -0.2) is 0 Å². The number of rotatable bonds is 2. The maximum absolute atomic E-state index is 11.7. The lowest BCUT2D eigenvalue weighted by Crippen LogP contribution is -2.27. The van der Waals surface area contributed by atoms with Gasteiger partial charge in [-0.05, 0) is 25.0 Å². The molecule has 1 aliphatic carbocycles. The Morgan fingerprint density at radius 3 is 2.85 bits per heavy atom. The zero-order chi connectivity index (χ0) is 9.42. The van der Waals surface area contributed by atoms with Gasteiger partial charge in [0.1, 0.15) is 4.99 Å². The molecule has 0 saturated heterocycles. The van der Waals surface area contributed by atoms with E-state index in [4.69, 9.17) is 18.0 Å². The average molecular weight is 194 g/mol. The lowest BCUT2D eigenvalue weighted by atomic mass is 10.3. The molecule has 0 atom stereocenters. The molecule has 3 nitrogen and oxygen atoms in total. The van der Waals surface area contributed by atoms with Crippen molar-refractivity contribution < 1.29 is 0 Å². The van der Waals surface area contributed by atoms with E-state index in [0.717, 1.165) is 12.8 Å². The maximum Gasteiger partial charge on any atom is 0.261 e. The molecule has 68 valence electrons. The minimum absolute atomic E-state index is 0.0579. The highest BCUT2D eigenvalue weighted by molar-refractivity contribution is 7.80. The largest absolute Gasteiger partial charge is 0.389 e. The van der Waals surface area contributed by atoms with Gasteiger partial charge >= 0.3 is 0 Å². The lowest BCUT2D eigenvalue weighted by molar-refractivity contribution is 0.706. The van der Waals surface area contributed by atoms with Gasteiger partial charge in [0.05, 0.1) is 5.56 Å². The first-order valence-corrected chi connectivity index (χ1v) is 4.62. The molecule has 2 rings (SSSR count). The molecule has 0 aromatic carbocycles. The summed E-state index contributed by atoms with van der Waals surface area (Å²) in [6, 6.07) is 3.86. The van der Waals surface area contributed by atoms with Crippen LogP contribution in [0.15, 0.2) is 23.1 Å². The van der Waals surface area contributed by atoms with Crippen molar-refractivity contribution in [3.63, 3.8) is 0 Å². The van der Waals surface area contributed by atoms with Gasteiger partial charge in [0.15, 0.2) is 0 Å². The van der Waals surface area contributed by atoms with Crippen molar-refractivity contribution in [2.24, 2.45) is 5.73 Å². The summed E-state index contributed by atoms with van der Waals surface area (Å²) in [7, 11) is 0. The fourth-order valence-corrected chi connectivity index (χ4v) is 1.49. The smallest absolute Gasteiger partial charge is 0.261 e. The van der Waals surface area contributed by atoms with Crippen LogP contribution in [0.1, 0.15) is 24.4 Å². The first-order valence-electron chi connectivity index (χ1n) is 4.21. The van der Waals surface area contributed by atoms with Gasteiger partial charge in [0.2, 0.25) is 0 Å². The fraction of sp³-hybridized carbons (Fsp3) is 0.333. The number of pyridine rings is 1. The summed E-state index contributed by atoms with van der Waals surface area (Å²) in [4.78, 5) is 11.9. The van der Waals surface area contributed by atoms with Crippen molar-refractivity contribution in [1.82, 2.24) is 4.57 Å². The summed E-state index contributed by atoms with van der Waals surface area (Å²) in [5, 5.41) is 0. The molecule has 1 heterocycles. The second-order valence-corrected chi connectivity index (χ2v) is 3.67. The molecule has 2 N–H and O–H groups in total. The van der Waals surface area contributed by atoms with Crippen LogP contribution < -0.4 is 11.3 Å². The number of hydrogen-bond donors (Lipinski definition) is 1. The predicted octanol–water partition coefficient (Wildman–Crippen LogP) is 0.817. The van der Waals surface area contributed by atoms with Gasteiger partial charge in [-0.2, -0.15) is 0 Å². The first kappa shape index (κ1) is 8.44. The minimum atomic E-state index is -0.0579. The van der Waals surface area contributed by atoms with Crippen molar-refractivity contribution in [2.75, 3.05) is 0 Å². The van der Waals surface area contributed by atoms with Gasteiger partial charge in [0.25, 0.3) is 5.56 Å². The molecule has 1 saturated carbocycles. The Kier molecular flexibility index (Phi) is 1.92. The summed E-state index contributed by atoms with van der Waals surface area (Å²) in [5.74, 6) is 0. The number of aromatic nitrogens is 1. The fourth-order valence-electron chi connectivity index (χ4n) is 1.34. The molecule has 13 heavy (non-hydrogen) atoms. The molecule has 1 fully saturated rings. The number of nitrogens with zero attached hydrogens (tertiary/aromatic N) is 1. The quantitative estimate of drug-likeness (QED) is 0.709. The molecule has 0 spiro atoms. The molecule has 0 amide bonds. The highest BCUT2D eigenvalue weighted by Crippen LogP contribution is 2.33. The number of thiocarbonyl (C=S) groups is 1. The molecule has 0 radical (unpaired) electrons. The number of nitrogens with two attached hydrogens (primary N) is 1. The summed E-state index contributed by atoms with van der Waals surface area (Å²) in [6.45, 7) is 0. The first-order chi connectivity index (χ1) is 6.20. The second-order valence-electron chi connectivity index (χ2n) is 3.23. The minimum Gasteiger partial charge on any atom is -0.389 e. The van der Waals surface area contributed by atoms with Crippen LogP contribution in [0.4, 0.5) is 0 Å². The third-order valence-electron chi connectivity index (χ3n) is 2.18. The van der Waals surface area contributed by atoms with Crippen LogP contribution >= 0.6 is 12.2 Å². The normalized spacial score (nSPS) is 15.7. The summed E-state index contributed by atoms with van der Waals surface area (Å²) in [6.07, 6.45) is 3.96. The van der Waals surface area contributed by atoms with Crippen molar-refractivity contribution >= 4 is 17.2 Å². The van der Waals surface area contributed by atoms with E-state index in [9.17, 15) is 4.79 Å². The van der Waals surface area contributed by atoms with E-state index in [0.29, 0.717) is 11.6 Å². The van der Waals surface area contributed by atoms with E-state index >= 15 is 0 Å². The van der Waals surface area contributed by atoms with E-state index in [1.807, 2.05) is 6.07 Å². The van der Waals surface area contributed by atoms with Crippen LogP contribution in [0.5, 0.6) is 0 Å². The number of hydrogen-bond acceptors (Lipinski definition) is 2. The molecule has 0 aliphatic heterocycles. The van der Waals surface area contributed by atoms with Crippen molar-refractivity contribution in [3.8, 4) is 0 Å². The average Bonchev–Trinajstić information content (AvgIpc) is 2.87. The zero-order valence-electron chi connectivity index (χ0n) is 7.06. The summed E-state index contributed by atoms with van der Waals surface area (Å²) < 4.78 is 1.72. The van der Waals surface area contributed by atoms with Gasteiger partial charge in [-0.1, -0.05) is 12.2 Å². The SMILES string of the molecule is NC(=S)c1cccn(C2CC2)c1=O. The van der Waals surface area contributed by atoms with Crippen LogP contribution in [0.25, 0.3) is 0 Å². The van der Waals surface area contributed by atoms with Crippen LogP contribution in [-0.4, -0.2) is 9.56 Å². The highest BCUT2D eigenvalue weighted by Gasteiger charge is 2.24. The van der Waals surface area contributed by atoms with Crippen molar-refractivity contribution in [2.45, 2.75) is 18.9 Å².